The Labute approximate surface area is 94.2 Å². The van der Waals surface area contributed by atoms with Crippen LogP contribution < -0.4 is 9.47 Å². The number of amides is 1. The maximum atomic E-state index is 11.6. The van der Waals surface area contributed by atoms with E-state index in [1.807, 2.05) is 13.8 Å². The Morgan fingerprint density at radius 3 is 2.50 bits per heavy atom. The molecule has 0 saturated heterocycles. The van der Waals surface area contributed by atoms with Crippen LogP contribution in [-0.2, 0) is 0 Å². The zero-order chi connectivity index (χ0) is 12.0. The van der Waals surface area contributed by atoms with E-state index >= 15 is 0 Å². The Balaban J connectivity index is 2.68. The van der Waals surface area contributed by atoms with Crippen LogP contribution in [0.4, 0.5) is 4.79 Å². The first-order valence-corrected chi connectivity index (χ1v) is 5.04. The Bertz CT molecular complexity index is 353. The second kappa shape index (κ2) is 5.89. The molecule has 0 spiro atoms. The predicted molar refractivity (Wildman–Crippen MR) is 57.5 cm³/mol. The third-order valence-corrected chi connectivity index (χ3v) is 2.01. The first-order chi connectivity index (χ1) is 7.71. The van der Waals surface area contributed by atoms with E-state index in [0.29, 0.717) is 19.0 Å². The van der Waals surface area contributed by atoms with Gasteiger partial charge in [0.05, 0.1) is 19.5 Å². The minimum absolute atomic E-state index is 0.135. The third kappa shape index (κ3) is 3.08. The van der Waals surface area contributed by atoms with Gasteiger partial charge in [0.2, 0.25) is 11.8 Å². The molecule has 0 unspecified atom stereocenters. The zero-order valence-corrected chi connectivity index (χ0v) is 9.64. The van der Waals surface area contributed by atoms with Crippen molar-refractivity contribution in [2.75, 3.05) is 20.2 Å². The maximum Gasteiger partial charge on any atom is 0.416 e. The highest BCUT2D eigenvalue weighted by Crippen LogP contribution is 2.11. The third-order valence-electron chi connectivity index (χ3n) is 2.01. The molecule has 1 aromatic heterocycles. The molecular formula is C10H15N3O3. The number of carbonyl (C=O) groups is 1. The van der Waals surface area contributed by atoms with Crippen LogP contribution in [0.15, 0.2) is 12.4 Å². The van der Waals surface area contributed by atoms with Gasteiger partial charge in [0.15, 0.2) is 0 Å². The normalized spacial score (nSPS) is 9.69. The molecule has 0 bridgehead atoms. The number of hydrogen-bond donors (Lipinski definition) is 0. The van der Waals surface area contributed by atoms with Crippen LogP contribution in [-0.4, -0.2) is 41.2 Å². The summed E-state index contributed by atoms with van der Waals surface area (Å²) in [6.07, 6.45) is 2.37. The van der Waals surface area contributed by atoms with Crippen molar-refractivity contribution in [3.05, 3.63) is 12.4 Å². The lowest BCUT2D eigenvalue weighted by atomic mass is 10.5. The van der Waals surface area contributed by atoms with E-state index in [9.17, 15) is 4.79 Å². The van der Waals surface area contributed by atoms with Gasteiger partial charge in [-0.2, -0.15) is 4.98 Å². The summed E-state index contributed by atoms with van der Waals surface area (Å²) in [4.78, 5) is 20.9. The van der Waals surface area contributed by atoms with Crippen molar-refractivity contribution >= 4 is 6.09 Å². The minimum atomic E-state index is -0.437. The summed E-state index contributed by atoms with van der Waals surface area (Å²) in [6.45, 7) is 4.93. The van der Waals surface area contributed by atoms with Crippen molar-refractivity contribution in [2.24, 2.45) is 0 Å². The van der Waals surface area contributed by atoms with E-state index < -0.39 is 6.09 Å². The molecule has 0 atom stereocenters. The molecule has 0 fully saturated rings. The van der Waals surface area contributed by atoms with Crippen molar-refractivity contribution in [1.82, 2.24) is 14.9 Å². The number of rotatable bonds is 4. The lowest BCUT2D eigenvalue weighted by molar-refractivity contribution is 0.155. The molecule has 0 aliphatic rings. The van der Waals surface area contributed by atoms with Gasteiger partial charge in [0.1, 0.15) is 0 Å². The molecule has 1 rings (SSSR count). The smallest absolute Gasteiger partial charge is 0.416 e. The van der Waals surface area contributed by atoms with E-state index in [-0.39, 0.29) is 5.88 Å². The van der Waals surface area contributed by atoms with Gasteiger partial charge in [0.25, 0.3) is 0 Å². The van der Waals surface area contributed by atoms with Gasteiger partial charge < -0.3 is 14.4 Å². The lowest BCUT2D eigenvalue weighted by Gasteiger charge is -2.17. The summed E-state index contributed by atoms with van der Waals surface area (Å²) in [5.41, 5.74) is 0. The molecule has 88 valence electrons. The van der Waals surface area contributed by atoms with Crippen molar-refractivity contribution in [1.29, 1.82) is 0 Å². The van der Waals surface area contributed by atoms with E-state index in [2.05, 4.69) is 9.97 Å². The zero-order valence-electron chi connectivity index (χ0n) is 9.64. The Morgan fingerprint density at radius 2 is 1.94 bits per heavy atom. The number of aromatic nitrogens is 2. The summed E-state index contributed by atoms with van der Waals surface area (Å²) in [5, 5.41) is 0. The second-order valence-corrected chi connectivity index (χ2v) is 2.94. The highest BCUT2D eigenvalue weighted by Gasteiger charge is 2.13. The number of ether oxygens (including phenoxy) is 2. The number of nitrogens with zero attached hydrogens (tertiary/aromatic N) is 3. The second-order valence-electron chi connectivity index (χ2n) is 2.94. The van der Waals surface area contributed by atoms with Gasteiger partial charge in [-0.05, 0) is 13.8 Å². The molecule has 0 aromatic carbocycles. The van der Waals surface area contributed by atoms with Gasteiger partial charge in [-0.1, -0.05) is 0 Å². The summed E-state index contributed by atoms with van der Waals surface area (Å²) < 4.78 is 9.91. The minimum Gasteiger partial charge on any atom is -0.480 e. The van der Waals surface area contributed by atoms with Crippen LogP contribution in [0.1, 0.15) is 13.8 Å². The van der Waals surface area contributed by atoms with Gasteiger partial charge in [-0.15, -0.1) is 0 Å². The van der Waals surface area contributed by atoms with Gasteiger partial charge in [0, 0.05) is 13.1 Å². The van der Waals surface area contributed by atoms with Gasteiger partial charge in [-0.25, -0.2) is 4.79 Å². The van der Waals surface area contributed by atoms with E-state index in [1.54, 1.807) is 4.90 Å². The maximum absolute atomic E-state index is 11.6. The molecule has 0 radical (unpaired) electrons. The lowest BCUT2D eigenvalue weighted by Crippen LogP contribution is -2.33. The molecule has 0 aliphatic carbocycles. The summed E-state index contributed by atoms with van der Waals surface area (Å²) in [5.74, 6) is 0.445. The number of carbonyl (C=O) groups excluding carboxylic acids is 1. The standard InChI is InChI=1S/C10H15N3O3/c1-4-13(5-2)10(14)16-9-7-11-6-8(12-9)15-3/h6-7H,4-5H2,1-3H3. The summed E-state index contributed by atoms with van der Waals surface area (Å²) >= 11 is 0. The topological polar surface area (TPSA) is 64.6 Å². The van der Waals surface area contributed by atoms with Crippen molar-refractivity contribution in [3.8, 4) is 11.8 Å². The van der Waals surface area contributed by atoms with E-state index in [0.717, 1.165) is 0 Å². The quantitative estimate of drug-likeness (QED) is 0.773. The molecule has 0 aliphatic heterocycles. The van der Waals surface area contributed by atoms with Crippen LogP contribution in [0.3, 0.4) is 0 Å². The fraction of sp³-hybridized carbons (Fsp3) is 0.500. The van der Waals surface area contributed by atoms with Crippen LogP contribution in [0, 0.1) is 0 Å². The molecule has 1 aromatic rings. The Kier molecular flexibility index (Phi) is 4.50. The average Bonchev–Trinajstić information content (AvgIpc) is 2.31. The van der Waals surface area contributed by atoms with Crippen molar-refractivity contribution in [2.45, 2.75) is 13.8 Å². The highest BCUT2D eigenvalue weighted by atomic mass is 16.6. The van der Waals surface area contributed by atoms with Crippen molar-refractivity contribution < 1.29 is 14.3 Å². The van der Waals surface area contributed by atoms with E-state index in [1.165, 1.54) is 19.5 Å². The molecule has 0 N–H and O–H groups in total. The first-order valence-electron chi connectivity index (χ1n) is 5.04. The van der Waals surface area contributed by atoms with Crippen LogP contribution >= 0.6 is 0 Å². The highest BCUT2D eigenvalue weighted by molar-refractivity contribution is 5.69. The summed E-state index contributed by atoms with van der Waals surface area (Å²) in [6, 6.07) is 0. The molecule has 0 saturated carbocycles. The van der Waals surface area contributed by atoms with Gasteiger partial charge >= 0.3 is 6.09 Å². The predicted octanol–water partition coefficient (Wildman–Crippen LogP) is 1.33. The monoisotopic (exact) mass is 225 g/mol. The molecule has 16 heavy (non-hydrogen) atoms. The fourth-order valence-corrected chi connectivity index (χ4v) is 1.11. The van der Waals surface area contributed by atoms with Gasteiger partial charge in [-0.3, -0.25) is 4.98 Å². The fourth-order valence-electron chi connectivity index (χ4n) is 1.11. The van der Waals surface area contributed by atoms with Crippen LogP contribution in [0.2, 0.25) is 0 Å². The summed E-state index contributed by atoms with van der Waals surface area (Å²) in [7, 11) is 1.47. The largest absolute Gasteiger partial charge is 0.480 e. The first kappa shape index (κ1) is 12.2. The average molecular weight is 225 g/mol. The van der Waals surface area contributed by atoms with E-state index in [4.69, 9.17) is 9.47 Å². The van der Waals surface area contributed by atoms with Crippen LogP contribution in [0.5, 0.6) is 11.8 Å². The molecule has 6 heteroatoms. The molecular weight excluding hydrogens is 210 g/mol. The molecule has 6 nitrogen and oxygen atoms in total. The molecule has 1 heterocycles. The Morgan fingerprint density at radius 1 is 1.31 bits per heavy atom. The molecule has 1 amide bonds. The van der Waals surface area contributed by atoms with Crippen LogP contribution in [0.25, 0.3) is 0 Å². The SMILES string of the molecule is CCN(CC)C(=O)Oc1cncc(OC)n1. The van der Waals surface area contributed by atoms with Crippen molar-refractivity contribution in [3.63, 3.8) is 0 Å². The number of methoxy groups -OCH3 is 1. The number of hydrogen-bond acceptors (Lipinski definition) is 5. The Hall–Kier alpha value is -1.85.